The van der Waals surface area contributed by atoms with Crippen LogP contribution < -0.4 is 5.32 Å². The highest BCUT2D eigenvalue weighted by molar-refractivity contribution is 6.11. The Morgan fingerprint density at radius 1 is 0.935 bits per heavy atom. The van der Waals surface area contributed by atoms with Gasteiger partial charge >= 0.3 is 0 Å². The number of rotatable bonds is 3. The summed E-state index contributed by atoms with van der Waals surface area (Å²) in [6.45, 7) is 0. The minimum absolute atomic E-state index is 0.137. The molecule has 0 unspecified atom stereocenters. The number of carbonyl (C=O) groups is 1. The molecule has 0 spiro atoms. The first-order valence-electron chi connectivity index (χ1n) is 10.5. The van der Waals surface area contributed by atoms with Crippen molar-refractivity contribution in [1.82, 2.24) is 9.55 Å². The monoisotopic (exact) mass is 411 g/mol. The number of aromatic hydroxyl groups is 2. The molecule has 2 bridgehead atoms. The number of hydrogen-bond acceptors (Lipinski definition) is 4. The molecule has 2 aromatic heterocycles. The molecular formula is C25H21N3O3. The van der Waals surface area contributed by atoms with Crippen LogP contribution in [0.25, 0.3) is 16.6 Å². The van der Waals surface area contributed by atoms with Crippen molar-refractivity contribution in [3.8, 4) is 17.4 Å². The number of para-hydroxylation sites is 1. The Balaban J connectivity index is 1.29. The van der Waals surface area contributed by atoms with E-state index >= 15 is 0 Å². The molecular weight excluding hydrogens is 390 g/mol. The number of aromatic nitrogens is 2. The molecule has 154 valence electrons. The summed E-state index contributed by atoms with van der Waals surface area (Å²) in [5.74, 6) is 0.732. The summed E-state index contributed by atoms with van der Waals surface area (Å²) in [5.41, 5.74) is 4.28. The first-order valence-corrected chi connectivity index (χ1v) is 10.5. The van der Waals surface area contributed by atoms with Gasteiger partial charge in [0.15, 0.2) is 0 Å². The van der Waals surface area contributed by atoms with E-state index in [0.717, 1.165) is 35.8 Å². The van der Waals surface area contributed by atoms with Gasteiger partial charge in [-0.05, 0) is 67.5 Å². The van der Waals surface area contributed by atoms with Crippen molar-refractivity contribution in [1.29, 1.82) is 0 Å². The second-order valence-electron chi connectivity index (χ2n) is 8.40. The fourth-order valence-corrected chi connectivity index (χ4v) is 5.32. The molecule has 31 heavy (non-hydrogen) atoms. The lowest BCUT2D eigenvalue weighted by molar-refractivity contribution is 0.102. The molecule has 6 rings (SSSR count). The van der Waals surface area contributed by atoms with Crippen LogP contribution in [0.2, 0.25) is 0 Å². The Labute approximate surface area is 178 Å². The molecule has 2 aliphatic carbocycles. The fourth-order valence-electron chi connectivity index (χ4n) is 5.32. The van der Waals surface area contributed by atoms with Gasteiger partial charge in [0, 0.05) is 28.4 Å². The van der Waals surface area contributed by atoms with Gasteiger partial charge < -0.3 is 15.5 Å². The SMILES string of the molecule is O=C(Nc1ccc(-n2c(O)c3c(c2O)[C@H]2CC[C@@H]3C2)cc1)c1cccc2cccnc12. The van der Waals surface area contributed by atoms with Crippen molar-refractivity contribution >= 4 is 22.5 Å². The van der Waals surface area contributed by atoms with E-state index in [9.17, 15) is 15.0 Å². The number of pyridine rings is 1. The van der Waals surface area contributed by atoms with Gasteiger partial charge in [0.25, 0.3) is 5.91 Å². The lowest BCUT2D eigenvalue weighted by atomic mass is 9.95. The number of anilines is 1. The Hall–Kier alpha value is -3.80. The lowest BCUT2D eigenvalue weighted by Gasteiger charge is -2.11. The van der Waals surface area contributed by atoms with E-state index in [4.69, 9.17) is 0 Å². The second-order valence-corrected chi connectivity index (χ2v) is 8.40. The zero-order valence-electron chi connectivity index (χ0n) is 16.7. The molecule has 0 aliphatic heterocycles. The number of fused-ring (bicyclic) bond motifs is 6. The van der Waals surface area contributed by atoms with Gasteiger partial charge in [-0.25, -0.2) is 0 Å². The number of nitrogens with zero attached hydrogens (tertiary/aromatic N) is 2. The summed E-state index contributed by atoms with van der Waals surface area (Å²) < 4.78 is 1.51. The molecule has 0 radical (unpaired) electrons. The second kappa shape index (κ2) is 6.60. The van der Waals surface area contributed by atoms with Crippen molar-refractivity contribution in [2.75, 3.05) is 5.32 Å². The quantitative estimate of drug-likeness (QED) is 0.440. The van der Waals surface area contributed by atoms with Crippen molar-refractivity contribution in [2.45, 2.75) is 31.1 Å². The van der Waals surface area contributed by atoms with Crippen LogP contribution in [0, 0.1) is 0 Å². The van der Waals surface area contributed by atoms with E-state index in [1.54, 1.807) is 36.5 Å². The van der Waals surface area contributed by atoms with E-state index in [0.29, 0.717) is 34.3 Å². The van der Waals surface area contributed by atoms with Gasteiger partial charge in [0.05, 0.1) is 16.8 Å². The minimum atomic E-state index is -0.237. The van der Waals surface area contributed by atoms with Crippen LogP contribution in [0.3, 0.4) is 0 Å². The van der Waals surface area contributed by atoms with Crippen LogP contribution in [0.5, 0.6) is 11.8 Å². The van der Waals surface area contributed by atoms with Crippen molar-refractivity contribution < 1.29 is 15.0 Å². The van der Waals surface area contributed by atoms with E-state index in [2.05, 4.69) is 10.3 Å². The Kier molecular flexibility index (Phi) is 3.84. The van der Waals surface area contributed by atoms with Gasteiger partial charge in [-0.3, -0.25) is 14.3 Å². The summed E-state index contributed by atoms with van der Waals surface area (Å²) in [7, 11) is 0. The average molecular weight is 411 g/mol. The van der Waals surface area contributed by atoms with Crippen LogP contribution in [0.1, 0.15) is 52.6 Å². The summed E-state index contributed by atoms with van der Waals surface area (Å²) in [6, 6.07) is 16.4. The molecule has 6 heteroatoms. The van der Waals surface area contributed by atoms with Crippen molar-refractivity contribution in [2.24, 2.45) is 0 Å². The molecule has 2 heterocycles. The third-order valence-corrected chi connectivity index (χ3v) is 6.71. The third kappa shape index (κ3) is 2.64. The smallest absolute Gasteiger partial charge is 0.257 e. The molecule has 2 aromatic carbocycles. The summed E-state index contributed by atoms with van der Waals surface area (Å²) >= 11 is 0. The zero-order chi connectivity index (χ0) is 21.1. The Bertz CT molecular complexity index is 1300. The molecule has 4 aromatic rings. The maximum atomic E-state index is 12.8. The molecule has 0 saturated heterocycles. The highest BCUT2D eigenvalue weighted by Gasteiger charge is 2.44. The summed E-state index contributed by atoms with van der Waals surface area (Å²) in [4.78, 5) is 17.2. The van der Waals surface area contributed by atoms with Gasteiger partial charge in [-0.15, -0.1) is 0 Å². The number of nitrogens with one attached hydrogen (secondary N) is 1. The molecule has 3 N–H and O–H groups in total. The first kappa shape index (κ1) is 18.0. The van der Waals surface area contributed by atoms with Gasteiger partial charge in [-0.2, -0.15) is 0 Å². The largest absolute Gasteiger partial charge is 0.494 e. The zero-order valence-corrected chi connectivity index (χ0v) is 16.7. The van der Waals surface area contributed by atoms with Crippen molar-refractivity contribution in [3.05, 3.63) is 77.5 Å². The van der Waals surface area contributed by atoms with Gasteiger partial charge in [0.2, 0.25) is 11.8 Å². The van der Waals surface area contributed by atoms with E-state index in [1.165, 1.54) is 4.57 Å². The maximum Gasteiger partial charge on any atom is 0.257 e. The lowest BCUT2D eigenvalue weighted by Crippen LogP contribution is -2.12. The van der Waals surface area contributed by atoms with E-state index < -0.39 is 0 Å². The Morgan fingerprint density at radius 3 is 2.32 bits per heavy atom. The summed E-state index contributed by atoms with van der Waals surface area (Å²) in [5, 5.41) is 25.4. The molecule has 2 atom stereocenters. The number of carbonyl (C=O) groups excluding carboxylic acids is 1. The topological polar surface area (TPSA) is 87.4 Å². The van der Waals surface area contributed by atoms with Gasteiger partial charge in [-0.1, -0.05) is 18.2 Å². The minimum Gasteiger partial charge on any atom is -0.494 e. The van der Waals surface area contributed by atoms with Crippen molar-refractivity contribution in [3.63, 3.8) is 0 Å². The van der Waals surface area contributed by atoms with Crippen LogP contribution in [0.4, 0.5) is 5.69 Å². The van der Waals surface area contributed by atoms with Crippen LogP contribution in [-0.4, -0.2) is 25.7 Å². The van der Waals surface area contributed by atoms with E-state index in [1.807, 2.05) is 24.3 Å². The highest BCUT2D eigenvalue weighted by atomic mass is 16.3. The molecule has 1 saturated carbocycles. The molecule has 6 nitrogen and oxygen atoms in total. The predicted molar refractivity (Wildman–Crippen MR) is 118 cm³/mol. The summed E-state index contributed by atoms with van der Waals surface area (Å²) in [6.07, 6.45) is 4.85. The third-order valence-electron chi connectivity index (χ3n) is 6.71. The number of benzene rings is 2. The Morgan fingerprint density at radius 2 is 1.61 bits per heavy atom. The van der Waals surface area contributed by atoms with Crippen LogP contribution in [-0.2, 0) is 0 Å². The molecule has 1 amide bonds. The number of amides is 1. The van der Waals surface area contributed by atoms with Gasteiger partial charge in [0.1, 0.15) is 0 Å². The fraction of sp³-hybridized carbons (Fsp3) is 0.200. The average Bonchev–Trinajstić information content (AvgIpc) is 3.48. The van der Waals surface area contributed by atoms with Crippen LogP contribution >= 0.6 is 0 Å². The standard InChI is InChI=1S/C25H21N3O3/c29-23(19-5-1-3-14-4-2-12-26-22(14)19)27-17-8-10-18(11-9-17)28-24(30)20-15-6-7-16(13-15)21(20)25(28)31/h1-5,8-12,15-16,30-31H,6-7,13H2,(H,27,29)/t15-,16+. The van der Waals surface area contributed by atoms with Crippen LogP contribution in [0.15, 0.2) is 60.8 Å². The molecule has 1 fully saturated rings. The predicted octanol–water partition coefficient (Wildman–Crippen LogP) is 5.05. The molecule has 2 aliphatic rings. The first-order chi connectivity index (χ1) is 15.1. The van der Waals surface area contributed by atoms with E-state index in [-0.39, 0.29) is 17.7 Å². The normalized spacial score (nSPS) is 19.0. The maximum absolute atomic E-state index is 12.8. The highest BCUT2D eigenvalue weighted by Crippen LogP contribution is 2.60. The number of hydrogen-bond donors (Lipinski definition) is 3.